The summed E-state index contributed by atoms with van der Waals surface area (Å²) in [7, 11) is 3.41. The van der Waals surface area contributed by atoms with Gasteiger partial charge < -0.3 is 54.5 Å². The molecule has 24 heteroatoms. The number of aromatic nitrogens is 8. The number of benzene rings is 3. The Hall–Kier alpha value is -7.05. The first kappa shape index (κ1) is 52.4. The molecule has 0 saturated carbocycles. The molecular formula is C52H60N11O12P. The van der Waals surface area contributed by atoms with Crippen LogP contribution in [0.4, 0.5) is 11.6 Å². The third kappa shape index (κ3) is 10.3. The molecule has 7 aromatic rings. The number of nitrogens with one attached hydrogen (secondary N) is 1. The van der Waals surface area contributed by atoms with Crippen LogP contribution in [0.2, 0.25) is 0 Å². The van der Waals surface area contributed by atoms with E-state index in [1.54, 1.807) is 43.9 Å². The van der Waals surface area contributed by atoms with Gasteiger partial charge in [-0.1, -0.05) is 54.6 Å². The second kappa shape index (κ2) is 22.7. The molecule has 3 aromatic carbocycles. The van der Waals surface area contributed by atoms with Crippen molar-refractivity contribution in [3.05, 3.63) is 145 Å². The van der Waals surface area contributed by atoms with Crippen molar-refractivity contribution in [1.29, 1.82) is 0 Å². The molecule has 23 nitrogen and oxygen atoms in total. The standard InChI is InChI=1S/C52H60N11O12P/c1-66-35-16-12-33(13-17-35)52(32-9-7-6-8-10-32,34-14-18-36(67-2)19-15-34)71-25-40-39(24-42(73-40)62-29-59-43-47(53)55-27-57-49(43)62)75-76(65,61-22-21-31-11-20-37(68-3)38(23-31)69-4)72-26-41-45(64)46(70-5)51(74-41)63-30-60-44-48(54)56-28-58-50(44)63/h6-10,12-20,23,27-31,39-42,45-46,51,64H,11,21-22,24-26H2,1-5H3,(H,61,65)(H2,53,55,57)(H2,54,56,58)/t31?,39-,40+,41+,42+,45+,46+,51+,76?/m0/s1. The number of fused-ring (bicyclic) bond motifs is 2. The second-order valence-corrected chi connectivity index (χ2v) is 20.0. The highest BCUT2D eigenvalue weighted by Gasteiger charge is 2.49. The number of methoxy groups -OCH3 is 5. The smallest absolute Gasteiger partial charge is 0.405 e. The SMILES string of the molecule is COC1=CCC(CCNP(=O)(OC[C@H]2O[C@@H](n3cnc4c(N)ncnc43)[C@H](OC)[C@@H]2O)O[C@H]2C[C@H](n3cnc4c(N)ncnc43)O[C@@H]2COC(c2ccccc2)(c2ccc(OC)cc2)c2ccc(OC)cc2)C=C1OC. The minimum absolute atomic E-state index is 0.0211. The molecule has 4 aromatic heterocycles. The molecule has 2 aliphatic heterocycles. The van der Waals surface area contributed by atoms with Gasteiger partial charge in [-0.2, -0.15) is 0 Å². The minimum Gasteiger partial charge on any atom is -0.497 e. The van der Waals surface area contributed by atoms with E-state index in [4.69, 9.17) is 58.4 Å². The summed E-state index contributed by atoms with van der Waals surface area (Å²) >= 11 is 0. The topological polar surface area (TPSA) is 281 Å². The van der Waals surface area contributed by atoms with E-state index in [0.717, 1.165) is 16.7 Å². The van der Waals surface area contributed by atoms with Gasteiger partial charge in [0.05, 0.1) is 54.3 Å². The molecule has 76 heavy (non-hydrogen) atoms. The molecule has 0 bridgehead atoms. The fraction of sp³-hybridized carbons (Fsp3) is 0.385. The van der Waals surface area contributed by atoms with E-state index in [0.29, 0.717) is 58.2 Å². The number of aliphatic hydroxyl groups is 1. The summed E-state index contributed by atoms with van der Waals surface area (Å²) in [6.45, 7) is -0.361. The minimum atomic E-state index is -4.43. The Labute approximate surface area is 437 Å². The molecule has 2 fully saturated rings. The number of anilines is 2. The van der Waals surface area contributed by atoms with Crippen LogP contribution in [0.25, 0.3) is 22.3 Å². The van der Waals surface area contributed by atoms with E-state index in [9.17, 15) is 5.11 Å². The Morgan fingerprint density at radius 3 is 1.93 bits per heavy atom. The van der Waals surface area contributed by atoms with Crippen LogP contribution in [0, 0.1) is 5.92 Å². The number of nitrogens with zero attached hydrogens (tertiary/aromatic N) is 8. The number of rotatable bonds is 22. The molecule has 2 unspecified atom stereocenters. The highest BCUT2D eigenvalue weighted by Crippen LogP contribution is 2.51. The quantitative estimate of drug-likeness (QED) is 0.0448. The van der Waals surface area contributed by atoms with Crippen LogP contribution in [-0.4, -0.2) is 130 Å². The van der Waals surface area contributed by atoms with Gasteiger partial charge in [0, 0.05) is 20.1 Å². The van der Waals surface area contributed by atoms with Crippen molar-refractivity contribution in [3.8, 4) is 11.5 Å². The van der Waals surface area contributed by atoms with E-state index in [1.165, 1.54) is 26.1 Å². The average molecular weight is 1060 g/mol. The van der Waals surface area contributed by atoms with Crippen LogP contribution in [-0.2, 0) is 47.6 Å². The zero-order valence-corrected chi connectivity index (χ0v) is 43.3. The molecular weight excluding hydrogens is 1000 g/mol. The van der Waals surface area contributed by atoms with Gasteiger partial charge in [0.2, 0.25) is 0 Å². The predicted octanol–water partition coefficient (Wildman–Crippen LogP) is 5.99. The largest absolute Gasteiger partial charge is 0.497 e. The Kier molecular flexibility index (Phi) is 15.6. The maximum absolute atomic E-state index is 15.7. The van der Waals surface area contributed by atoms with Crippen LogP contribution in [0.3, 0.4) is 0 Å². The molecule has 6 heterocycles. The molecule has 1 aliphatic carbocycles. The van der Waals surface area contributed by atoms with Gasteiger partial charge >= 0.3 is 7.75 Å². The lowest BCUT2D eigenvalue weighted by Crippen LogP contribution is -2.39. The van der Waals surface area contributed by atoms with E-state index in [-0.39, 0.29) is 37.1 Å². The predicted molar refractivity (Wildman–Crippen MR) is 276 cm³/mol. The van der Waals surface area contributed by atoms with Crippen molar-refractivity contribution < 1.29 is 56.6 Å². The van der Waals surface area contributed by atoms with Gasteiger partial charge in [0.1, 0.15) is 77.5 Å². The normalized spacial score (nSPS) is 23.6. The lowest BCUT2D eigenvalue weighted by Gasteiger charge is -2.37. The summed E-state index contributed by atoms with van der Waals surface area (Å²) in [5.41, 5.74) is 15.0. The summed E-state index contributed by atoms with van der Waals surface area (Å²) in [5, 5.41) is 14.9. The molecule has 6 N–H and O–H groups in total. The molecule has 400 valence electrons. The second-order valence-electron chi connectivity index (χ2n) is 18.2. The molecule has 0 radical (unpaired) electrons. The van der Waals surface area contributed by atoms with Crippen LogP contribution >= 0.6 is 7.75 Å². The maximum Gasteiger partial charge on any atom is 0.405 e. The van der Waals surface area contributed by atoms with Gasteiger partial charge in [-0.25, -0.2) is 39.6 Å². The van der Waals surface area contributed by atoms with Crippen molar-refractivity contribution in [1.82, 2.24) is 44.1 Å². The molecule has 2 saturated heterocycles. The Bertz CT molecular complexity index is 3170. The van der Waals surface area contributed by atoms with Crippen molar-refractivity contribution in [2.75, 3.05) is 66.8 Å². The number of imidazole rings is 2. The Morgan fingerprint density at radius 1 is 0.724 bits per heavy atom. The fourth-order valence-electron chi connectivity index (χ4n) is 10.0. The van der Waals surface area contributed by atoms with Crippen LogP contribution in [0.1, 0.15) is 48.4 Å². The van der Waals surface area contributed by atoms with Gasteiger partial charge in [-0.15, -0.1) is 0 Å². The van der Waals surface area contributed by atoms with Gasteiger partial charge in [0.15, 0.2) is 40.7 Å². The number of allylic oxidation sites excluding steroid dienone is 2. The third-order valence-corrected chi connectivity index (χ3v) is 15.6. The summed E-state index contributed by atoms with van der Waals surface area (Å²) in [6.07, 6.45) is 3.96. The van der Waals surface area contributed by atoms with Crippen molar-refractivity contribution in [2.24, 2.45) is 5.92 Å². The van der Waals surface area contributed by atoms with Crippen molar-refractivity contribution in [3.63, 3.8) is 0 Å². The van der Waals surface area contributed by atoms with Crippen molar-refractivity contribution in [2.45, 2.75) is 67.8 Å². The number of hydrogen-bond donors (Lipinski definition) is 4. The van der Waals surface area contributed by atoms with Crippen molar-refractivity contribution >= 4 is 41.7 Å². The van der Waals surface area contributed by atoms with Gasteiger partial charge in [-0.05, 0) is 71.9 Å². The molecule has 0 spiro atoms. The number of nitrogens with two attached hydrogens (primary N) is 2. The number of ether oxygens (including phenoxy) is 8. The number of hydrogen-bond acceptors (Lipinski definition) is 20. The van der Waals surface area contributed by atoms with Gasteiger partial charge in [0.25, 0.3) is 0 Å². The summed E-state index contributed by atoms with van der Waals surface area (Å²) < 4.78 is 81.1. The van der Waals surface area contributed by atoms with E-state index in [1.807, 2.05) is 91.0 Å². The Balaban J connectivity index is 0.995. The number of nitrogen functional groups attached to an aromatic ring is 2. The lowest BCUT2D eigenvalue weighted by atomic mass is 9.80. The molecule has 3 aliphatic rings. The maximum atomic E-state index is 15.7. The fourth-order valence-corrected chi connectivity index (χ4v) is 11.6. The van der Waals surface area contributed by atoms with Gasteiger partial charge in [-0.3, -0.25) is 18.2 Å². The molecule has 9 atom stereocenters. The average Bonchev–Trinajstić information content (AvgIpc) is 4.27. The van der Waals surface area contributed by atoms with Crippen LogP contribution in [0.15, 0.2) is 128 Å². The monoisotopic (exact) mass is 1060 g/mol. The first-order valence-corrected chi connectivity index (χ1v) is 26.1. The highest BCUT2D eigenvalue weighted by molar-refractivity contribution is 7.51. The summed E-state index contributed by atoms with van der Waals surface area (Å²) in [4.78, 5) is 25.9. The Morgan fingerprint density at radius 2 is 1.33 bits per heavy atom. The lowest BCUT2D eigenvalue weighted by molar-refractivity contribution is -0.0924. The summed E-state index contributed by atoms with van der Waals surface area (Å²) in [6, 6.07) is 25.1. The zero-order valence-electron chi connectivity index (χ0n) is 42.4. The first-order valence-electron chi connectivity index (χ1n) is 24.5. The zero-order chi connectivity index (χ0) is 53.0. The van der Waals surface area contributed by atoms with E-state index < -0.39 is 62.9 Å². The first-order chi connectivity index (χ1) is 37.0. The number of aliphatic hydroxyl groups excluding tert-OH is 1. The molecule has 0 amide bonds. The third-order valence-electron chi connectivity index (χ3n) is 13.9. The highest BCUT2D eigenvalue weighted by atomic mass is 31.2. The summed E-state index contributed by atoms with van der Waals surface area (Å²) in [5.74, 6) is 2.88. The van der Waals surface area contributed by atoms with Crippen LogP contribution in [0.5, 0.6) is 11.5 Å². The van der Waals surface area contributed by atoms with E-state index in [2.05, 4.69) is 35.0 Å². The molecule has 10 rings (SSSR count). The van der Waals surface area contributed by atoms with Crippen LogP contribution < -0.4 is 26.0 Å². The van der Waals surface area contributed by atoms with E-state index >= 15 is 4.57 Å².